The van der Waals surface area contributed by atoms with Crippen molar-refractivity contribution in [2.45, 2.75) is 32.4 Å². The number of benzene rings is 1. The smallest absolute Gasteiger partial charge is 0.335 e. The van der Waals surface area contributed by atoms with Crippen LogP contribution >= 0.6 is 0 Å². The van der Waals surface area contributed by atoms with Gasteiger partial charge < -0.3 is 15.2 Å². The third-order valence-corrected chi connectivity index (χ3v) is 3.80. The lowest BCUT2D eigenvalue weighted by atomic mass is 9.93. The second-order valence-electron chi connectivity index (χ2n) is 5.12. The number of ether oxygens (including phenoxy) is 1. The van der Waals surface area contributed by atoms with Crippen molar-refractivity contribution in [1.29, 1.82) is 0 Å². The van der Waals surface area contributed by atoms with Gasteiger partial charge in [0.1, 0.15) is 0 Å². The maximum Gasteiger partial charge on any atom is 0.335 e. The van der Waals surface area contributed by atoms with Crippen molar-refractivity contribution in [3.8, 4) is 0 Å². The average molecular weight is 263 g/mol. The third kappa shape index (κ3) is 4.04. The summed E-state index contributed by atoms with van der Waals surface area (Å²) in [5.41, 5.74) is 1.45. The SMILES string of the molecule is CC(NCc1ccc(C(=O)O)cc1)C1CCOCC1. The highest BCUT2D eigenvalue weighted by atomic mass is 16.5. The first kappa shape index (κ1) is 14.0. The normalized spacial score (nSPS) is 18.2. The van der Waals surface area contributed by atoms with Crippen molar-refractivity contribution in [3.05, 3.63) is 35.4 Å². The monoisotopic (exact) mass is 263 g/mol. The summed E-state index contributed by atoms with van der Waals surface area (Å²) in [6, 6.07) is 7.50. The fourth-order valence-electron chi connectivity index (χ4n) is 2.43. The number of carboxylic acids is 1. The molecule has 0 bridgehead atoms. The van der Waals surface area contributed by atoms with Gasteiger partial charge >= 0.3 is 5.97 Å². The van der Waals surface area contributed by atoms with Gasteiger partial charge in [-0.2, -0.15) is 0 Å². The van der Waals surface area contributed by atoms with Crippen molar-refractivity contribution in [2.75, 3.05) is 13.2 Å². The molecule has 0 amide bonds. The van der Waals surface area contributed by atoms with Gasteiger partial charge in [-0.15, -0.1) is 0 Å². The molecule has 19 heavy (non-hydrogen) atoms. The highest BCUT2D eigenvalue weighted by molar-refractivity contribution is 5.87. The molecular weight excluding hydrogens is 242 g/mol. The Kier molecular flexibility index (Phi) is 4.93. The second-order valence-corrected chi connectivity index (χ2v) is 5.12. The zero-order valence-electron chi connectivity index (χ0n) is 11.3. The lowest BCUT2D eigenvalue weighted by molar-refractivity contribution is 0.0558. The minimum absolute atomic E-state index is 0.334. The van der Waals surface area contributed by atoms with Crippen molar-refractivity contribution in [3.63, 3.8) is 0 Å². The largest absolute Gasteiger partial charge is 0.478 e. The standard InChI is InChI=1S/C15H21NO3/c1-11(13-6-8-19-9-7-13)16-10-12-2-4-14(5-3-12)15(17)18/h2-5,11,13,16H,6-10H2,1H3,(H,17,18). The molecule has 1 aromatic carbocycles. The molecule has 0 aliphatic carbocycles. The van der Waals surface area contributed by atoms with E-state index in [0.29, 0.717) is 17.5 Å². The number of carbonyl (C=O) groups is 1. The van der Waals surface area contributed by atoms with Crippen LogP contribution in [0.2, 0.25) is 0 Å². The van der Waals surface area contributed by atoms with E-state index in [0.717, 1.165) is 38.2 Å². The van der Waals surface area contributed by atoms with Gasteiger partial charge in [-0.1, -0.05) is 12.1 Å². The fraction of sp³-hybridized carbons (Fsp3) is 0.533. The van der Waals surface area contributed by atoms with Crippen LogP contribution in [0.5, 0.6) is 0 Å². The molecule has 0 saturated carbocycles. The third-order valence-electron chi connectivity index (χ3n) is 3.80. The molecule has 0 spiro atoms. The first-order valence-electron chi connectivity index (χ1n) is 6.80. The van der Waals surface area contributed by atoms with Gasteiger partial charge in [-0.3, -0.25) is 0 Å². The van der Waals surface area contributed by atoms with Crippen LogP contribution in [-0.2, 0) is 11.3 Å². The Morgan fingerprint density at radius 2 is 2.00 bits per heavy atom. The molecule has 4 heteroatoms. The summed E-state index contributed by atoms with van der Waals surface area (Å²) >= 11 is 0. The summed E-state index contributed by atoms with van der Waals surface area (Å²) in [4.78, 5) is 10.8. The molecular formula is C15H21NO3. The highest BCUT2D eigenvalue weighted by Gasteiger charge is 2.19. The van der Waals surface area contributed by atoms with Crippen molar-refractivity contribution < 1.29 is 14.6 Å². The van der Waals surface area contributed by atoms with Crippen LogP contribution in [0.25, 0.3) is 0 Å². The van der Waals surface area contributed by atoms with Gasteiger partial charge in [-0.25, -0.2) is 4.79 Å². The van der Waals surface area contributed by atoms with Gasteiger partial charge in [0.15, 0.2) is 0 Å². The van der Waals surface area contributed by atoms with Gasteiger partial charge in [0.05, 0.1) is 5.56 Å². The summed E-state index contributed by atoms with van der Waals surface area (Å²) in [5, 5.41) is 12.4. The van der Waals surface area contributed by atoms with E-state index in [9.17, 15) is 4.79 Å². The van der Waals surface area contributed by atoms with Crippen LogP contribution in [-0.4, -0.2) is 30.3 Å². The molecule has 1 aromatic rings. The van der Waals surface area contributed by atoms with Gasteiger partial charge in [0.25, 0.3) is 0 Å². The molecule has 4 nitrogen and oxygen atoms in total. The Balaban J connectivity index is 1.82. The molecule has 0 radical (unpaired) electrons. The molecule has 104 valence electrons. The number of aromatic carboxylic acids is 1. The Bertz CT molecular complexity index is 410. The van der Waals surface area contributed by atoms with Crippen molar-refractivity contribution in [1.82, 2.24) is 5.32 Å². The van der Waals surface area contributed by atoms with Crippen LogP contribution in [0.4, 0.5) is 0 Å². The molecule has 1 heterocycles. The predicted octanol–water partition coefficient (Wildman–Crippen LogP) is 2.29. The number of hydrogen-bond acceptors (Lipinski definition) is 3. The average Bonchev–Trinajstić information content (AvgIpc) is 2.46. The summed E-state index contributed by atoms with van der Waals surface area (Å²) in [6.45, 7) is 4.72. The molecule has 1 unspecified atom stereocenters. The Labute approximate surface area is 113 Å². The van der Waals surface area contributed by atoms with E-state index in [2.05, 4.69) is 12.2 Å². The Hall–Kier alpha value is -1.39. The topological polar surface area (TPSA) is 58.6 Å². The molecule has 1 aliphatic heterocycles. The molecule has 2 rings (SSSR count). The van der Waals surface area contributed by atoms with E-state index in [1.54, 1.807) is 12.1 Å². The molecule has 0 aromatic heterocycles. The summed E-state index contributed by atoms with van der Waals surface area (Å²) in [7, 11) is 0. The fourth-order valence-corrected chi connectivity index (χ4v) is 2.43. The minimum atomic E-state index is -0.880. The van der Waals surface area contributed by atoms with E-state index >= 15 is 0 Å². The predicted molar refractivity (Wildman–Crippen MR) is 73.2 cm³/mol. The van der Waals surface area contributed by atoms with Crippen LogP contribution in [0.1, 0.15) is 35.7 Å². The molecule has 2 N–H and O–H groups in total. The van der Waals surface area contributed by atoms with E-state index in [-0.39, 0.29) is 0 Å². The Morgan fingerprint density at radius 1 is 1.37 bits per heavy atom. The lowest BCUT2D eigenvalue weighted by Gasteiger charge is -2.28. The van der Waals surface area contributed by atoms with Crippen LogP contribution in [0.15, 0.2) is 24.3 Å². The summed E-state index contributed by atoms with van der Waals surface area (Å²) in [6.07, 6.45) is 2.23. The molecule has 1 fully saturated rings. The Morgan fingerprint density at radius 3 is 2.58 bits per heavy atom. The van der Waals surface area contributed by atoms with Crippen molar-refractivity contribution >= 4 is 5.97 Å². The summed E-state index contributed by atoms with van der Waals surface area (Å²) < 4.78 is 5.36. The van der Waals surface area contributed by atoms with Crippen LogP contribution in [0, 0.1) is 5.92 Å². The van der Waals surface area contributed by atoms with Crippen molar-refractivity contribution in [2.24, 2.45) is 5.92 Å². The second kappa shape index (κ2) is 6.68. The number of carboxylic acid groups (broad SMARTS) is 1. The highest BCUT2D eigenvalue weighted by Crippen LogP contribution is 2.18. The van der Waals surface area contributed by atoms with Crippen LogP contribution < -0.4 is 5.32 Å². The first-order valence-corrected chi connectivity index (χ1v) is 6.80. The number of nitrogens with one attached hydrogen (secondary N) is 1. The quantitative estimate of drug-likeness (QED) is 0.855. The van der Waals surface area contributed by atoms with E-state index in [1.165, 1.54) is 0 Å². The number of rotatable bonds is 5. The molecule has 1 aliphatic rings. The maximum atomic E-state index is 10.8. The zero-order chi connectivity index (χ0) is 13.7. The van der Waals surface area contributed by atoms with E-state index in [1.807, 2.05) is 12.1 Å². The summed E-state index contributed by atoms with van der Waals surface area (Å²) in [5.74, 6) is -0.206. The van der Waals surface area contributed by atoms with Gasteiger partial charge in [-0.05, 0) is 43.4 Å². The molecule has 1 atom stereocenters. The van der Waals surface area contributed by atoms with Gasteiger partial charge in [0.2, 0.25) is 0 Å². The van der Waals surface area contributed by atoms with E-state index < -0.39 is 5.97 Å². The van der Waals surface area contributed by atoms with Crippen LogP contribution in [0.3, 0.4) is 0 Å². The first-order chi connectivity index (χ1) is 9.16. The number of hydrogen-bond donors (Lipinski definition) is 2. The zero-order valence-corrected chi connectivity index (χ0v) is 11.3. The van der Waals surface area contributed by atoms with E-state index in [4.69, 9.17) is 9.84 Å². The maximum absolute atomic E-state index is 10.8. The molecule has 1 saturated heterocycles. The lowest BCUT2D eigenvalue weighted by Crippen LogP contribution is -2.36. The minimum Gasteiger partial charge on any atom is -0.478 e. The van der Waals surface area contributed by atoms with Gasteiger partial charge in [0, 0.05) is 25.8 Å².